The molecule has 8 nitrogen and oxygen atoms in total. The number of carbonyl (C=O) groups is 2. The Hall–Kier alpha value is -2.72. The number of rotatable bonds is 3. The molecule has 0 unspecified atom stereocenters. The molecule has 1 aliphatic heterocycles. The first-order valence-corrected chi connectivity index (χ1v) is 10.7. The van der Waals surface area contributed by atoms with Crippen LogP contribution in [0.1, 0.15) is 27.2 Å². The van der Waals surface area contributed by atoms with Crippen molar-refractivity contribution < 1.29 is 31.7 Å². The second-order valence-electron chi connectivity index (χ2n) is 8.14. The van der Waals surface area contributed by atoms with Crippen molar-refractivity contribution in [1.29, 1.82) is 0 Å². The van der Waals surface area contributed by atoms with E-state index in [-0.39, 0.29) is 23.2 Å². The summed E-state index contributed by atoms with van der Waals surface area (Å²) in [4.78, 5) is 25.9. The smallest absolute Gasteiger partial charge is 0.411 e. The number of alkyl halides is 1. The summed E-state index contributed by atoms with van der Waals surface area (Å²) in [7, 11) is -4.40. The van der Waals surface area contributed by atoms with E-state index in [0.29, 0.717) is 11.1 Å². The summed E-state index contributed by atoms with van der Waals surface area (Å²) in [5, 5.41) is 3.40. The van der Waals surface area contributed by atoms with Gasteiger partial charge in [-0.05, 0) is 44.4 Å². The van der Waals surface area contributed by atoms with Crippen LogP contribution < -0.4 is 5.32 Å². The van der Waals surface area contributed by atoms with Gasteiger partial charge in [0.25, 0.3) is 10.1 Å². The molecular formula is C20H23FN2O6S. The highest BCUT2D eigenvalue weighted by atomic mass is 32.2. The summed E-state index contributed by atoms with van der Waals surface area (Å²) >= 11 is 0. The van der Waals surface area contributed by atoms with Crippen molar-refractivity contribution in [2.45, 2.75) is 49.9 Å². The van der Waals surface area contributed by atoms with E-state index in [1.165, 1.54) is 30.3 Å². The molecule has 0 radical (unpaired) electrons. The van der Waals surface area contributed by atoms with Crippen LogP contribution in [0.3, 0.4) is 0 Å². The first-order chi connectivity index (χ1) is 13.8. The highest BCUT2D eigenvalue weighted by Crippen LogP contribution is 2.28. The van der Waals surface area contributed by atoms with Crippen LogP contribution >= 0.6 is 0 Å². The second kappa shape index (κ2) is 7.84. The standard InChI is InChI=1S/C20H23FN2O6S/c1-20(2,3)29-19(25)23-11-13(21)10-16(23)18(24)22-14-7-8-15-12(9-14)5-4-6-17(15)30(26,27)28/h4-9,13,16H,10-11H2,1-3H3,(H,22,24)(H,26,27,28)/t13-,16+/m1/s1. The fourth-order valence-electron chi connectivity index (χ4n) is 3.34. The first kappa shape index (κ1) is 22.0. The van der Waals surface area contributed by atoms with Gasteiger partial charge in [-0.1, -0.05) is 18.2 Å². The largest absolute Gasteiger partial charge is 0.444 e. The van der Waals surface area contributed by atoms with Crippen molar-refractivity contribution in [2.24, 2.45) is 0 Å². The highest BCUT2D eigenvalue weighted by molar-refractivity contribution is 7.86. The summed E-state index contributed by atoms with van der Waals surface area (Å²) in [6.07, 6.45) is -2.26. The zero-order valence-corrected chi connectivity index (χ0v) is 17.6. The Morgan fingerprint density at radius 2 is 1.93 bits per heavy atom. The van der Waals surface area contributed by atoms with Gasteiger partial charge in [0.05, 0.1) is 6.54 Å². The maximum absolute atomic E-state index is 14.0. The predicted octanol–water partition coefficient (Wildman–Crippen LogP) is 3.37. The van der Waals surface area contributed by atoms with Gasteiger partial charge in [-0.25, -0.2) is 9.18 Å². The van der Waals surface area contributed by atoms with Crippen LogP contribution in [-0.2, 0) is 19.6 Å². The molecule has 1 saturated heterocycles. The summed E-state index contributed by atoms with van der Waals surface area (Å²) in [6, 6.07) is 7.78. The third-order valence-electron chi connectivity index (χ3n) is 4.57. The lowest BCUT2D eigenvalue weighted by molar-refractivity contribution is -0.120. The number of nitrogens with zero attached hydrogens (tertiary/aromatic N) is 1. The van der Waals surface area contributed by atoms with Crippen molar-refractivity contribution in [2.75, 3.05) is 11.9 Å². The molecule has 0 bridgehead atoms. The maximum atomic E-state index is 14.0. The topological polar surface area (TPSA) is 113 Å². The van der Waals surface area contributed by atoms with Gasteiger partial charge in [-0.15, -0.1) is 0 Å². The van der Waals surface area contributed by atoms with Gasteiger partial charge in [-0.2, -0.15) is 8.42 Å². The maximum Gasteiger partial charge on any atom is 0.411 e. The van der Waals surface area contributed by atoms with Crippen molar-refractivity contribution in [3.05, 3.63) is 36.4 Å². The van der Waals surface area contributed by atoms with Crippen molar-refractivity contribution in [3.8, 4) is 0 Å². The quantitative estimate of drug-likeness (QED) is 0.711. The number of hydrogen-bond acceptors (Lipinski definition) is 5. The first-order valence-electron chi connectivity index (χ1n) is 9.30. The molecule has 30 heavy (non-hydrogen) atoms. The Kier molecular flexibility index (Phi) is 5.74. The lowest BCUT2D eigenvalue weighted by Gasteiger charge is -2.27. The lowest BCUT2D eigenvalue weighted by atomic mass is 10.1. The van der Waals surface area contributed by atoms with Crippen molar-refractivity contribution in [1.82, 2.24) is 4.90 Å². The molecule has 0 spiro atoms. The minimum atomic E-state index is -4.40. The summed E-state index contributed by atoms with van der Waals surface area (Å²) in [6.45, 7) is 4.80. The average Bonchev–Trinajstić information content (AvgIpc) is 3.01. The fourth-order valence-corrected chi connectivity index (χ4v) is 4.05. The van der Waals surface area contributed by atoms with Gasteiger partial charge >= 0.3 is 6.09 Å². The number of likely N-dealkylation sites (tertiary alicyclic amines) is 1. The Balaban J connectivity index is 1.82. The van der Waals surface area contributed by atoms with E-state index in [0.717, 1.165) is 4.90 Å². The Morgan fingerprint density at radius 3 is 2.57 bits per heavy atom. The molecule has 2 N–H and O–H groups in total. The van der Waals surface area contributed by atoms with Crippen LogP contribution in [0.15, 0.2) is 41.3 Å². The SMILES string of the molecule is CC(C)(C)OC(=O)N1C[C@H](F)C[C@H]1C(=O)Nc1ccc2c(S(=O)(=O)O)cccc2c1. The molecule has 0 aromatic heterocycles. The number of amides is 2. The molecule has 162 valence electrons. The van der Waals surface area contributed by atoms with Crippen molar-refractivity contribution >= 4 is 38.6 Å². The van der Waals surface area contributed by atoms with Gasteiger partial charge in [0, 0.05) is 17.5 Å². The molecule has 3 rings (SSSR count). The number of nitrogens with one attached hydrogen (secondary N) is 1. The van der Waals surface area contributed by atoms with E-state index in [9.17, 15) is 27.0 Å². The zero-order valence-electron chi connectivity index (χ0n) is 16.8. The van der Waals surface area contributed by atoms with Crippen LogP contribution in [-0.4, -0.2) is 54.2 Å². The minimum absolute atomic E-state index is 0.147. The number of hydrogen-bond donors (Lipinski definition) is 2. The Labute approximate surface area is 173 Å². The molecule has 2 amide bonds. The van der Waals surface area contributed by atoms with Crippen LogP contribution in [0, 0.1) is 0 Å². The summed E-state index contributed by atoms with van der Waals surface area (Å²) in [5.41, 5.74) is -0.443. The summed E-state index contributed by atoms with van der Waals surface area (Å²) < 4.78 is 51.6. The lowest BCUT2D eigenvalue weighted by Crippen LogP contribution is -2.45. The van der Waals surface area contributed by atoms with E-state index in [1.807, 2.05) is 0 Å². The molecule has 2 aromatic rings. The Bertz CT molecular complexity index is 1100. The minimum Gasteiger partial charge on any atom is -0.444 e. The molecule has 1 aliphatic rings. The van der Waals surface area contributed by atoms with Crippen LogP contribution in [0.4, 0.5) is 14.9 Å². The van der Waals surface area contributed by atoms with E-state index in [1.54, 1.807) is 26.8 Å². The van der Waals surface area contributed by atoms with E-state index < -0.39 is 39.9 Å². The molecule has 2 aromatic carbocycles. The third kappa shape index (κ3) is 4.88. The predicted molar refractivity (Wildman–Crippen MR) is 109 cm³/mol. The monoisotopic (exact) mass is 438 g/mol. The second-order valence-corrected chi connectivity index (χ2v) is 9.53. The molecule has 1 heterocycles. The summed E-state index contributed by atoms with van der Waals surface area (Å²) in [5.74, 6) is -0.578. The number of ether oxygens (including phenoxy) is 1. The number of anilines is 1. The number of halogens is 1. The van der Waals surface area contributed by atoms with E-state index in [2.05, 4.69) is 5.32 Å². The number of carbonyl (C=O) groups excluding carboxylic acids is 2. The van der Waals surface area contributed by atoms with Gasteiger partial charge in [0.2, 0.25) is 5.91 Å². The molecule has 10 heteroatoms. The van der Waals surface area contributed by atoms with E-state index >= 15 is 0 Å². The molecule has 2 atom stereocenters. The normalized spacial score (nSPS) is 19.7. The van der Waals surface area contributed by atoms with Crippen LogP contribution in [0.5, 0.6) is 0 Å². The molecule has 1 fully saturated rings. The molecule has 0 aliphatic carbocycles. The van der Waals surface area contributed by atoms with Gasteiger partial charge in [0.15, 0.2) is 0 Å². The number of fused-ring (bicyclic) bond motifs is 1. The zero-order chi connectivity index (χ0) is 22.3. The van der Waals surface area contributed by atoms with Gasteiger partial charge < -0.3 is 10.1 Å². The van der Waals surface area contributed by atoms with Gasteiger partial charge in [-0.3, -0.25) is 14.2 Å². The average molecular weight is 438 g/mol. The molecular weight excluding hydrogens is 415 g/mol. The molecule has 0 saturated carbocycles. The van der Waals surface area contributed by atoms with Gasteiger partial charge in [0.1, 0.15) is 22.7 Å². The number of benzene rings is 2. The van der Waals surface area contributed by atoms with Crippen molar-refractivity contribution in [3.63, 3.8) is 0 Å². The Morgan fingerprint density at radius 1 is 1.23 bits per heavy atom. The van der Waals surface area contributed by atoms with Crippen LogP contribution in [0.2, 0.25) is 0 Å². The fraction of sp³-hybridized carbons (Fsp3) is 0.400. The third-order valence-corrected chi connectivity index (χ3v) is 5.48. The van der Waals surface area contributed by atoms with Crippen LogP contribution in [0.25, 0.3) is 10.8 Å². The van der Waals surface area contributed by atoms with E-state index in [4.69, 9.17) is 4.74 Å². The highest BCUT2D eigenvalue weighted by Gasteiger charge is 2.41.